The van der Waals surface area contributed by atoms with E-state index in [-0.39, 0.29) is 17.3 Å². The minimum Gasteiger partial charge on any atom is -0.370 e. The minimum atomic E-state index is -0.221. The Balaban J connectivity index is 2.42. The van der Waals surface area contributed by atoms with Crippen molar-refractivity contribution in [1.82, 2.24) is 0 Å². The van der Waals surface area contributed by atoms with Gasteiger partial charge in [0.1, 0.15) is 6.10 Å². The molecule has 1 aliphatic carbocycles. The van der Waals surface area contributed by atoms with Crippen molar-refractivity contribution >= 4 is 5.78 Å². The molecule has 0 bridgehead atoms. The summed E-state index contributed by atoms with van der Waals surface area (Å²) in [5.74, 6) is 1.12. The van der Waals surface area contributed by atoms with E-state index in [9.17, 15) is 4.79 Å². The van der Waals surface area contributed by atoms with Crippen molar-refractivity contribution < 1.29 is 9.53 Å². The molecule has 15 heavy (non-hydrogen) atoms. The summed E-state index contributed by atoms with van der Waals surface area (Å²) in [6, 6.07) is 0. The van der Waals surface area contributed by atoms with E-state index in [4.69, 9.17) is 4.74 Å². The zero-order valence-corrected chi connectivity index (χ0v) is 10.5. The lowest BCUT2D eigenvalue weighted by atomic mass is 9.85. The van der Waals surface area contributed by atoms with Crippen LogP contribution in [0.3, 0.4) is 0 Å². The topological polar surface area (TPSA) is 26.3 Å². The molecule has 0 amide bonds. The number of ether oxygens (including phenoxy) is 1. The van der Waals surface area contributed by atoms with Gasteiger partial charge in [0.2, 0.25) is 0 Å². The summed E-state index contributed by atoms with van der Waals surface area (Å²) in [5, 5.41) is 0. The highest BCUT2D eigenvalue weighted by molar-refractivity contribution is 5.83. The van der Waals surface area contributed by atoms with Crippen LogP contribution in [-0.2, 0) is 9.53 Å². The highest BCUT2D eigenvalue weighted by atomic mass is 16.5. The Bertz CT molecular complexity index is 211. The first kappa shape index (κ1) is 12.7. The molecule has 1 atom stereocenters. The minimum absolute atomic E-state index is 0.0728. The van der Waals surface area contributed by atoms with Crippen molar-refractivity contribution in [2.45, 2.75) is 59.5 Å². The van der Waals surface area contributed by atoms with Gasteiger partial charge in [-0.25, -0.2) is 0 Å². The highest BCUT2D eigenvalue weighted by Gasteiger charge is 2.32. The molecule has 2 nitrogen and oxygen atoms in total. The molecule has 1 rings (SSSR count). The van der Waals surface area contributed by atoms with E-state index >= 15 is 0 Å². The number of Topliss-reactive ketones (excluding diaryl/α,β-unsaturated/α-hetero) is 1. The quantitative estimate of drug-likeness (QED) is 0.676. The van der Waals surface area contributed by atoms with Gasteiger partial charge in [-0.3, -0.25) is 4.79 Å². The number of hydrogen-bond donors (Lipinski definition) is 0. The summed E-state index contributed by atoms with van der Waals surface area (Å²) in [5.41, 5.74) is -0.0728. The van der Waals surface area contributed by atoms with Crippen LogP contribution in [0.2, 0.25) is 0 Å². The number of carbonyl (C=O) groups excluding carboxylic acids is 1. The number of carbonyl (C=O) groups is 1. The summed E-state index contributed by atoms with van der Waals surface area (Å²) in [6.07, 6.45) is 4.19. The lowest BCUT2D eigenvalue weighted by Crippen LogP contribution is -2.37. The molecule has 0 radical (unpaired) electrons. The van der Waals surface area contributed by atoms with Gasteiger partial charge < -0.3 is 4.74 Å². The second kappa shape index (κ2) is 5.11. The van der Waals surface area contributed by atoms with Crippen molar-refractivity contribution in [3.8, 4) is 0 Å². The zero-order chi connectivity index (χ0) is 11.5. The van der Waals surface area contributed by atoms with E-state index in [1.807, 2.05) is 6.92 Å². The Labute approximate surface area is 93.4 Å². The molecule has 0 aliphatic heterocycles. The van der Waals surface area contributed by atoms with E-state index in [1.54, 1.807) is 0 Å². The third-order valence-electron chi connectivity index (χ3n) is 2.91. The second-order valence-electron chi connectivity index (χ2n) is 5.65. The fraction of sp³-hybridized carbons (Fsp3) is 0.923. The largest absolute Gasteiger partial charge is 0.370 e. The fourth-order valence-corrected chi connectivity index (χ4v) is 1.88. The van der Waals surface area contributed by atoms with E-state index in [2.05, 4.69) is 20.8 Å². The van der Waals surface area contributed by atoms with Crippen LogP contribution in [0.4, 0.5) is 0 Å². The Kier molecular flexibility index (Phi) is 4.32. The van der Waals surface area contributed by atoms with E-state index in [1.165, 1.54) is 12.8 Å². The normalized spacial score (nSPS) is 18.9. The van der Waals surface area contributed by atoms with Crippen LogP contribution in [0.1, 0.15) is 53.4 Å². The Morgan fingerprint density at radius 2 is 2.00 bits per heavy atom. The Morgan fingerprint density at radius 3 is 2.40 bits per heavy atom. The van der Waals surface area contributed by atoms with Gasteiger partial charge >= 0.3 is 0 Å². The average molecular weight is 212 g/mol. The van der Waals surface area contributed by atoms with Gasteiger partial charge in [-0.05, 0) is 24.7 Å². The lowest BCUT2D eigenvalue weighted by Gasteiger charge is -2.29. The third-order valence-corrected chi connectivity index (χ3v) is 2.91. The summed E-state index contributed by atoms with van der Waals surface area (Å²) >= 11 is 0. The Hall–Kier alpha value is -0.370. The summed E-state index contributed by atoms with van der Waals surface area (Å²) < 4.78 is 5.57. The van der Waals surface area contributed by atoms with Crippen molar-refractivity contribution in [1.29, 1.82) is 0 Å². The molecule has 1 aliphatic rings. The molecule has 2 heteroatoms. The van der Waals surface area contributed by atoms with E-state index < -0.39 is 0 Å². The number of ketones is 1. The Morgan fingerprint density at radius 1 is 1.40 bits per heavy atom. The standard InChI is InChI=1S/C13H24O2/c1-5-15-12(13(2,3)4)11(14)9-8-10-6-7-10/h10,12H,5-9H2,1-4H3. The second-order valence-corrected chi connectivity index (χ2v) is 5.65. The number of hydrogen-bond acceptors (Lipinski definition) is 2. The molecular weight excluding hydrogens is 188 g/mol. The van der Waals surface area contributed by atoms with Gasteiger partial charge in [0.05, 0.1) is 0 Å². The fourth-order valence-electron chi connectivity index (χ4n) is 1.88. The molecule has 88 valence electrons. The van der Waals surface area contributed by atoms with Gasteiger partial charge in [-0.1, -0.05) is 33.6 Å². The van der Waals surface area contributed by atoms with Crippen LogP contribution in [0.15, 0.2) is 0 Å². The molecule has 0 heterocycles. The number of rotatable bonds is 6. The molecule has 0 aromatic heterocycles. The van der Waals surface area contributed by atoms with Crippen molar-refractivity contribution in [2.75, 3.05) is 6.61 Å². The molecule has 0 saturated heterocycles. The van der Waals surface area contributed by atoms with Crippen LogP contribution in [0.5, 0.6) is 0 Å². The molecule has 1 fully saturated rings. The molecule has 0 N–H and O–H groups in total. The van der Waals surface area contributed by atoms with E-state index in [0.717, 1.165) is 12.3 Å². The zero-order valence-electron chi connectivity index (χ0n) is 10.5. The van der Waals surface area contributed by atoms with E-state index in [0.29, 0.717) is 13.0 Å². The molecule has 1 saturated carbocycles. The first-order chi connectivity index (χ1) is 6.95. The van der Waals surface area contributed by atoms with Gasteiger partial charge in [0.15, 0.2) is 5.78 Å². The van der Waals surface area contributed by atoms with Crippen LogP contribution in [0.25, 0.3) is 0 Å². The monoisotopic (exact) mass is 212 g/mol. The summed E-state index contributed by atoms with van der Waals surface area (Å²) in [7, 11) is 0. The predicted molar refractivity (Wildman–Crippen MR) is 61.8 cm³/mol. The van der Waals surface area contributed by atoms with Crippen LogP contribution >= 0.6 is 0 Å². The van der Waals surface area contributed by atoms with Gasteiger partial charge in [0.25, 0.3) is 0 Å². The van der Waals surface area contributed by atoms with Crippen LogP contribution in [-0.4, -0.2) is 18.5 Å². The van der Waals surface area contributed by atoms with Gasteiger partial charge in [0, 0.05) is 13.0 Å². The molecule has 0 aromatic carbocycles. The molecule has 0 spiro atoms. The van der Waals surface area contributed by atoms with Crippen molar-refractivity contribution in [3.05, 3.63) is 0 Å². The average Bonchev–Trinajstić information content (AvgIpc) is 2.91. The first-order valence-electron chi connectivity index (χ1n) is 6.09. The van der Waals surface area contributed by atoms with Crippen LogP contribution in [0, 0.1) is 11.3 Å². The van der Waals surface area contributed by atoms with Crippen LogP contribution < -0.4 is 0 Å². The van der Waals surface area contributed by atoms with Crippen molar-refractivity contribution in [2.24, 2.45) is 11.3 Å². The predicted octanol–water partition coefficient (Wildman–Crippen LogP) is 3.20. The lowest BCUT2D eigenvalue weighted by molar-refractivity contribution is -0.137. The maximum absolute atomic E-state index is 12.0. The first-order valence-corrected chi connectivity index (χ1v) is 6.09. The molecular formula is C13H24O2. The smallest absolute Gasteiger partial charge is 0.162 e. The maximum atomic E-state index is 12.0. The summed E-state index contributed by atoms with van der Waals surface area (Å²) in [4.78, 5) is 12.0. The van der Waals surface area contributed by atoms with Gasteiger partial charge in [-0.2, -0.15) is 0 Å². The van der Waals surface area contributed by atoms with Crippen molar-refractivity contribution in [3.63, 3.8) is 0 Å². The molecule has 0 aromatic rings. The molecule has 1 unspecified atom stereocenters. The highest BCUT2D eigenvalue weighted by Crippen LogP contribution is 2.34. The van der Waals surface area contributed by atoms with Gasteiger partial charge in [-0.15, -0.1) is 0 Å². The third kappa shape index (κ3) is 4.33. The SMILES string of the molecule is CCOC(C(=O)CCC1CC1)C(C)(C)C. The summed E-state index contributed by atoms with van der Waals surface area (Å²) in [6.45, 7) is 8.79. The maximum Gasteiger partial charge on any atom is 0.162 e.